The van der Waals surface area contributed by atoms with Crippen LogP contribution in [0.25, 0.3) is 21.7 Å². The van der Waals surface area contributed by atoms with Crippen molar-refractivity contribution in [2.24, 2.45) is 0 Å². The summed E-state index contributed by atoms with van der Waals surface area (Å²) >= 11 is 1.79. The molecule has 1 N–H and O–H groups in total. The fourth-order valence-corrected chi connectivity index (χ4v) is 5.28. The highest BCUT2D eigenvalue weighted by molar-refractivity contribution is 7.19. The maximum atomic E-state index is 10.5. The van der Waals surface area contributed by atoms with Crippen molar-refractivity contribution >= 4 is 27.4 Å². The molecule has 0 spiro atoms. The molecule has 1 aliphatic heterocycles. The summed E-state index contributed by atoms with van der Waals surface area (Å²) < 4.78 is 0. The zero-order valence-electron chi connectivity index (χ0n) is 14.8. The molecular weight excluding hydrogens is 346 g/mol. The van der Waals surface area contributed by atoms with Crippen molar-refractivity contribution in [1.29, 1.82) is 0 Å². The van der Waals surface area contributed by atoms with Gasteiger partial charge in [-0.15, -0.1) is 11.3 Å². The average Bonchev–Trinajstić information content (AvgIpc) is 3.21. The quantitative estimate of drug-likeness (QED) is 0.750. The predicted octanol–water partition coefficient (Wildman–Crippen LogP) is 2.99. The zero-order valence-corrected chi connectivity index (χ0v) is 15.6. The Hall–Kier alpha value is -2.12. The molecule has 4 heterocycles. The SMILES string of the molecule is CC1(O)CCN(c2nc(-c3cnccn3)nc3sc4c(c23)CCCC4)C1. The molecule has 5 rings (SSSR count). The van der Waals surface area contributed by atoms with E-state index in [2.05, 4.69) is 14.9 Å². The minimum Gasteiger partial charge on any atom is -0.388 e. The van der Waals surface area contributed by atoms with Crippen LogP contribution in [0.1, 0.15) is 36.6 Å². The van der Waals surface area contributed by atoms with Crippen LogP contribution in [0.5, 0.6) is 0 Å². The Bertz CT molecular complexity index is 969. The number of aliphatic hydroxyl groups is 1. The third kappa shape index (κ3) is 2.66. The Labute approximate surface area is 156 Å². The van der Waals surface area contributed by atoms with E-state index in [4.69, 9.17) is 9.97 Å². The van der Waals surface area contributed by atoms with Crippen molar-refractivity contribution in [1.82, 2.24) is 19.9 Å². The smallest absolute Gasteiger partial charge is 0.183 e. The van der Waals surface area contributed by atoms with E-state index < -0.39 is 5.60 Å². The lowest BCUT2D eigenvalue weighted by Crippen LogP contribution is -2.30. The summed E-state index contributed by atoms with van der Waals surface area (Å²) in [5.74, 6) is 1.57. The van der Waals surface area contributed by atoms with Gasteiger partial charge in [-0.05, 0) is 44.6 Å². The molecule has 0 aromatic carbocycles. The van der Waals surface area contributed by atoms with Crippen LogP contribution in [0, 0.1) is 0 Å². The van der Waals surface area contributed by atoms with E-state index in [0.29, 0.717) is 18.1 Å². The van der Waals surface area contributed by atoms with Crippen LogP contribution in [0.15, 0.2) is 18.6 Å². The molecule has 0 bridgehead atoms. The fraction of sp³-hybridized carbons (Fsp3) is 0.474. The van der Waals surface area contributed by atoms with E-state index in [-0.39, 0.29) is 0 Å². The number of hydrogen-bond donors (Lipinski definition) is 1. The van der Waals surface area contributed by atoms with E-state index in [1.807, 2.05) is 6.92 Å². The van der Waals surface area contributed by atoms with Gasteiger partial charge in [-0.25, -0.2) is 15.0 Å². The van der Waals surface area contributed by atoms with Crippen molar-refractivity contribution in [3.8, 4) is 11.5 Å². The highest BCUT2D eigenvalue weighted by atomic mass is 32.1. The molecule has 1 atom stereocenters. The summed E-state index contributed by atoms with van der Waals surface area (Å²) in [6, 6.07) is 0. The molecule has 3 aromatic rings. The highest BCUT2D eigenvalue weighted by Crippen LogP contribution is 2.41. The van der Waals surface area contributed by atoms with Gasteiger partial charge in [0, 0.05) is 30.4 Å². The van der Waals surface area contributed by atoms with Gasteiger partial charge in [0.1, 0.15) is 16.3 Å². The molecule has 6 nitrogen and oxygen atoms in total. The molecule has 1 aliphatic carbocycles. The third-order valence-corrected chi connectivity index (χ3v) is 6.52. The number of rotatable bonds is 2. The Balaban J connectivity index is 1.73. The van der Waals surface area contributed by atoms with Gasteiger partial charge in [-0.2, -0.15) is 0 Å². The van der Waals surface area contributed by atoms with Crippen LogP contribution in [0.4, 0.5) is 5.82 Å². The van der Waals surface area contributed by atoms with Gasteiger partial charge >= 0.3 is 0 Å². The molecular formula is C19H21N5OS. The number of anilines is 1. The second-order valence-corrected chi connectivity index (χ2v) is 8.60. The number of nitrogens with zero attached hydrogens (tertiary/aromatic N) is 5. The van der Waals surface area contributed by atoms with E-state index in [9.17, 15) is 5.11 Å². The molecule has 0 amide bonds. The number of thiophene rings is 1. The predicted molar refractivity (Wildman–Crippen MR) is 103 cm³/mol. The van der Waals surface area contributed by atoms with Crippen LogP contribution >= 0.6 is 11.3 Å². The minimum atomic E-state index is -0.667. The fourth-order valence-electron chi connectivity index (χ4n) is 4.02. The van der Waals surface area contributed by atoms with Gasteiger partial charge in [0.2, 0.25) is 0 Å². The van der Waals surface area contributed by atoms with Gasteiger partial charge in [-0.3, -0.25) is 4.98 Å². The van der Waals surface area contributed by atoms with Crippen molar-refractivity contribution < 1.29 is 5.11 Å². The first-order valence-corrected chi connectivity index (χ1v) is 9.98. The zero-order chi connectivity index (χ0) is 17.7. The lowest BCUT2D eigenvalue weighted by atomic mass is 9.97. The van der Waals surface area contributed by atoms with Gasteiger partial charge in [0.05, 0.1) is 17.2 Å². The van der Waals surface area contributed by atoms with Gasteiger partial charge in [0.25, 0.3) is 0 Å². The van der Waals surface area contributed by atoms with Crippen LogP contribution in [0.2, 0.25) is 0 Å². The highest BCUT2D eigenvalue weighted by Gasteiger charge is 2.34. The largest absolute Gasteiger partial charge is 0.388 e. The van der Waals surface area contributed by atoms with Crippen LogP contribution < -0.4 is 4.90 Å². The lowest BCUT2D eigenvalue weighted by molar-refractivity contribution is 0.0839. The summed E-state index contributed by atoms with van der Waals surface area (Å²) in [5.41, 5.74) is 1.44. The van der Waals surface area contributed by atoms with Gasteiger partial charge in [-0.1, -0.05) is 0 Å². The normalized spacial score (nSPS) is 22.8. The number of aromatic nitrogens is 4. The number of hydrogen-bond acceptors (Lipinski definition) is 7. The first kappa shape index (κ1) is 16.1. The van der Waals surface area contributed by atoms with Crippen LogP contribution in [-0.4, -0.2) is 43.7 Å². The standard InChI is InChI=1S/C19H21N5OS/c1-19(25)6-9-24(11-19)17-15-12-4-2-3-5-14(12)26-18(15)23-16(22-17)13-10-20-7-8-21-13/h7-8,10,25H,2-6,9,11H2,1H3. The molecule has 0 saturated carbocycles. The van der Waals surface area contributed by atoms with Crippen LogP contribution in [0.3, 0.4) is 0 Å². The topological polar surface area (TPSA) is 75.0 Å². The van der Waals surface area contributed by atoms with E-state index in [0.717, 1.165) is 36.5 Å². The molecule has 0 radical (unpaired) electrons. The maximum absolute atomic E-state index is 10.5. The molecule has 3 aromatic heterocycles. The molecule has 7 heteroatoms. The van der Waals surface area contributed by atoms with Crippen molar-refractivity contribution in [2.75, 3.05) is 18.0 Å². The van der Waals surface area contributed by atoms with Crippen molar-refractivity contribution in [2.45, 2.75) is 44.6 Å². The second-order valence-electron chi connectivity index (χ2n) is 7.52. The summed E-state index contributed by atoms with van der Waals surface area (Å²) in [6.07, 6.45) is 10.5. The summed E-state index contributed by atoms with van der Waals surface area (Å²) in [5, 5.41) is 11.7. The second kappa shape index (κ2) is 5.96. The summed E-state index contributed by atoms with van der Waals surface area (Å²) in [6.45, 7) is 3.31. The van der Waals surface area contributed by atoms with E-state index >= 15 is 0 Å². The molecule has 134 valence electrons. The Morgan fingerprint density at radius 3 is 2.85 bits per heavy atom. The van der Waals surface area contributed by atoms with Crippen molar-refractivity contribution in [3.05, 3.63) is 29.0 Å². The lowest BCUT2D eigenvalue weighted by Gasteiger charge is -2.22. The van der Waals surface area contributed by atoms with E-state index in [1.54, 1.807) is 29.9 Å². The first-order valence-electron chi connectivity index (χ1n) is 9.17. The Morgan fingerprint density at radius 1 is 1.19 bits per heavy atom. The first-order chi connectivity index (χ1) is 12.6. The number of aryl methyl sites for hydroxylation is 2. The van der Waals surface area contributed by atoms with Crippen molar-refractivity contribution in [3.63, 3.8) is 0 Å². The molecule has 2 aliphatic rings. The number of fused-ring (bicyclic) bond motifs is 3. The summed E-state index contributed by atoms with van der Waals surface area (Å²) in [7, 11) is 0. The van der Waals surface area contributed by atoms with Gasteiger partial charge < -0.3 is 10.0 Å². The Kier molecular flexibility index (Phi) is 3.68. The van der Waals surface area contributed by atoms with Gasteiger partial charge in [0.15, 0.2) is 5.82 Å². The maximum Gasteiger partial charge on any atom is 0.183 e. The monoisotopic (exact) mass is 367 g/mol. The average molecular weight is 367 g/mol. The number of β-amino-alcohol motifs (C(OH)–C–C–N with tert-alkyl or cyclic N) is 1. The molecule has 1 saturated heterocycles. The minimum absolute atomic E-state index is 0.601. The molecule has 1 fully saturated rings. The molecule has 1 unspecified atom stereocenters. The van der Waals surface area contributed by atoms with Crippen LogP contribution in [-0.2, 0) is 12.8 Å². The summed E-state index contributed by atoms with van der Waals surface area (Å²) in [4.78, 5) is 23.0. The third-order valence-electron chi connectivity index (χ3n) is 5.34. The van der Waals surface area contributed by atoms with E-state index in [1.165, 1.54) is 28.7 Å². The Morgan fingerprint density at radius 2 is 2.08 bits per heavy atom. The molecule has 26 heavy (non-hydrogen) atoms.